The molecular weight excluding hydrogens is 280 g/mol. The third kappa shape index (κ3) is 2.15. The fourth-order valence-corrected chi connectivity index (χ4v) is 2.64. The van der Waals surface area contributed by atoms with Crippen molar-refractivity contribution >= 4 is 33.7 Å². The molecule has 0 fully saturated rings. The maximum Gasteiger partial charge on any atom is 0.230 e. The first-order chi connectivity index (χ1) is 10.5. The lowest BCUT2D eigenvalue weighted by Crippen LogP contribution is -2.29. The van der Waals surface area contributed by atoms with Gasteiger partial charge in [-0.05, 0) is 38.1 Å². The quantitative estimate of drug-likeness (QED) is 0.682. The third-order valence-electron chi connectivity index (χ3n) is 3.67. The molecule has 3 aromatic rings. The van der Waals surface area contributed by atoms with Gasteiger partial charge in [0.15, 0.2) is 0 Å². The van der Waals surface area contributed by atoms with Crippen molar-refractivity contribution in [3.63, 3.8) is 0 Å². The van der Waals surface area contributed by atoms with Crippen molar-refractivity contribution in [1.82, 2.24) is 4.98 Å². The van der Waals surface area contributed by atoms with Gasteiger partial charge in [0.2, 0.25) is 17.0 Å². The van der Waals surface area contributed by atoms with Crippen LogP contribution < -0.4 is 10.3 Å². The van der Waals surface area contributed by atoms with E-state index in [0.29, 0.717) is 34.3 Å². The van der Waals surface area contributed by atoms with Crippen LogP contribution in [0.1, 0.15) is 19.5 Å². The second-order valence-electron chi connectivity index (χ2n) is 5.15. The van der Waals surface area contributed by atoms with E-state index in [1.165, 1.54) is 6.92 Å². The van der Waals surface area contributed by atoms with E-state index in [1.807, 2.05) is 13.8 Å². The molecule has 0 spiro atoms. The van der Waals surface area contributed by atoms with Gasteiger partial charge in [-0.15, -0.1) is 0 Å². The van der Waals surface area contributed by atoms with Crippen LogP contribution in [0.3, 0.4) is 0 Å². The Morgan fingerprint density at radius 1 is 1.27 bits per heavy atom. The summed E-state index contributed by atoms with van der Waals surface area (Å²) in [5.41, 5.74) is 1.95. The zero-order chi connectivity index (χ0) is 15.9. The monoisotopic (exact) mass is 296 g/mol. The number of aryl methyl sites for hydroxylation is 1. The molecule has 112 valence electrons. The highest BCUT2D eigenvalue weighted by molar-refractivity contribution is 6.03. The Balaban J connectivity index is 2.44. The van der Waals surface area contributed by atoms with E-state index in [0.717, 1.165) is 5.69 Å². The summed E-state index contributed by atoms with van der Waals surface area (Å²) >= 11 is 0. The predicted octanol–water partition coefficient (Wildman–Crippen LogP) is 3.02. The smallest absolute Gasteiger partial charge is 0.230 e. The second-order valence-corrected chi connectivity index (χ2v) is 5.15. The first-order valence-electron chi connectivity index (χ1n) is 7.14. The van der Waals surface area contributed by atoms with E-state index >= 15 is 0 Å². The van der Waals surface area contributed by atoms with Crippen molar-refractivity contribution < 1.29 is 9.21 Å². The highest BCUT2D eigenvalue weighted by Gasteiger charge is 2.17. The van der Waals surface area contributed by atoms with Crippen LogP contribution in [0.25, 0.3) is 22.1 Å². The second kappa shape index (κ2) is 5.26. The summed E-state index contributed by atoms with van der Waals surface area (Å²) in [5, 5.41) is 0.836. The Morgan fingerprint density at radius 2 is 2.05 bits per heavy atom. The minimum Gasteiger partial charge on any atom is -0.437 e. The standard InChI is InChI=1S/C17H16N2O3/c1-4-19(11(3)20)13-6-5-7-14-15(13)16(21)12-9-8-10(2)18-17(12)22-14/h5-9H,4H2,1-3H3. The Labute approximate surface area is 127 Å². The molecule has 0 radical (unpaired) electrons. The topological polar surface area (TPSA) is 63.4 Å². The predicted molar refractivity (Wildman–Crippen MR) is 86.2 cm³/mol. The Kier molecular flexibility index (Phi) is 3.41. The summed E-state index contributed by atoms with van der Waals surface area (Å²) < 4.78 is 5.77. The van der Waals surface area contributed by atoms with Gasteiger partial charge in [0.25, 0.3) is 0 Å². The summed E-state index contributed by atoms with van der Waals surface area (Å²) in [6, 6.07) is 8.74. The molecule has 0 aliphatic heterocycles. The molecule has 0 N–H and O–H groups in total. The minimum atomic E-state index is -0.168. The lowest BCUT2D eigenvalue weighted by molar-refractivity contribution is -0.116. The van der Waals surface area contributed by atoms with Gasteiger partial charge in [0.1, 0.15) is 5.58 Å². The molecule has 5 nitrogen and oxygen atoms in total. The lowest BCUT2D eigenvalue weighted by atomic mass is 10.1. The third-order valence-corrected chi connectivity index (χ3v) is 3.67. The van der Waals surface area contributed by atoms with Crippen molar-refractivity contribution in [2.24, 2.45) is 0 Å². The van der Waals surface area contributed by atoms with Crippen LogP contribution in [-0.2, 0) is 4.79 Å². The molecule has 0 aliphatic rings. The number of amides is 1. The minimum absolute atomic E-state index is 0.114. The van der Waals surface area contributed by atoms with E-state index in [1.54, 1.807) is 35.2 Å². The average molecular weight is 296 g/mol. The molecule has 2 heterocycles. The van der Waals surface area contributed by atoms with Crippen molar-refractivity contribution in [3.8, 4) is 0 Å². The Hall–Kier alpha value is -2.69. The van der Waals surface area contributed by atoms with Gasteiger partial charge in [-0.25, -0.2) is 4.98 Å². The molecule has 2 aromatic heterocycles. The van der Waals surface area contributed by atoms with Crippen LogP contribution in [0.15, 0.2) is 39.5 Å². The number of anilines is 1. The Morgan fingerprint density at radius 3 is 2.73 bits per heavy atom. The van der Waals surface area contributed by atoms with Crippen LogP contribution >= 0.6 is 0 Å². The number of rotatable bonds is 2. The number of carbonyl (C=O) groups excluding carboxylic acids is 1. The molecule has 5 heteroatoms. The van der Waals surface area contributed by atoms with Crippen LogP contribution in [0.5, 0.6) is 0 Å². The van der Waals surface area contributed by atoms with E-state index in [2.05, 4.69) is 4.98 Å². The van der Waals surface area contributed by atoms with Gasteiger partial charge in [0.05, 0.1) is 16.5 Å². The van der Waals surface area contributed by atoms with Crippen LogP contribution in [0.2, 0.25) is 0 Å². The molecule has 1 aromatic carbocycles. The number of nitrogens with zero attached hydrogens (tertiary/aromatic N) is 2. The number of hydrogen-bond donors (Lipinski definition) is 0. The van der Waals surface area contributed by atoms with Crippen LogP contribution in [-0.4, -0.2) is 17.4 Å². The summed E-state index contributed by atoms with van der Waals surface area (Å²) in [7, 11) is 0. The van der Waals surface area contributed by atoms with Gasteiger partial charge >= 0.3 is 0 Å². The van der Waals surface area contributed by atoms with Crippen molar-refractivity contribution in [2.75, 3.05) is 11.4 Å². The number of pyridine rings is 1. The molecule has 0 atom stereocenters. The highest BCUT2D eigenvalue weighted by atomic mass is 16.3. The summed E-state index contributed by atoms with van der Waals surface area (Å²) in [6.45, 7) is 5.68. The zero-order valence-corrected chi connectivity index (χ0v) is 12.7. The number of aromatic nitrogens is 1. The number of benzene rings is 1. The summed E-state index contributed by atoms with van der Waals surface area (Å²) in [4.78, 5) is 30.5. The molecule has 0 unspecified atom stereocenters. The van der Waals surface area contributed by atoms with Gasteiger partial charge < -0.3 is 9.32 Å². The molecule has 0 saturated carbocycles. The van der Waals surface area contributed by atoms with Gasteiger partial charge in [-0.2, -0.15) is 0 Å². The van der Waals surface area contributed by atoms with E-state index in [9.17, 15) is 9.59 Å². The maximum atomic E-state index is 12.8. The molecule has 0 bridgehead atoms. The fourth-order valence-electron chi connectivity index (χ4n) is 2.64. The summed E-state index contributed by atoms with van der Waals surface area (Å²) in [6.07, 6.45) is 0. The largest absolute Gasteiger partial charge is 0.437 e. The Bertz CT molecular complexity index is 944. The number of fused-ring (bicyclic) bond motifs is 2. The summed E-state index contributed by atoms with van der Waals surface area (Å²) in [5.74, 6) is -0.114. The van der Waals surface area contributed by atoms with Crippen molar-refractivity contribution in [3.05, 3.63) is 46.2 Å². The van der Waals surface area contributed by atoms with Gasteiger partial charge in [0, 0.05) is 19.2 Å². The maximum absolute atomic E-state index is 12.8. The van der Waals surface area contributed by atoms with Crippen molar-refractivity contribution in [2.45, 2.75) is 20.8 Å². The average Bonchev–Trinajstić information content (AvgIpc) is 2.47. The normalized spacial score (nSPS) is 11.0. The molecule has 0 aliphatic carbocycles. The first kappa shape index (κ1) is 14.3. The van der Waals surface area contributed by atoms with E-state index < -0.39 is 0 Å². The SMILES string of the molecule is CCN(C(C)=O)c1cccc2oc3nc(C)ccc3c(=O)c12. The van der Waals surface area contributed by atoms with Crippen molar-refractivity contribution in [1.29, 1.82) is 0 Å². The molecule has 3 rings (SSSR count). The highest BCUT2D eigenvalue weighted by Crippen LogP contribution is 2.26. The number of hydrogen-bond acceptors (Lipinski definition) is 4. The van der Waals surface area contributed by atoms with E-state index in [4.69, 9.17) is 4.42 Å². The van der Waals surface area contributed by atoms with Gasteiger partial charge in [-0.3, -0.25) is 9.59 Å². The molecule has 0 saturated heterocycles. The lowest BCUT2D eigenvalue weighted by Gasteiger charge is -2.20. The molecular formula is C17H16N2O3. The zero-order valence-electron chi connectivity index (χ0n) is 12.7. The number of carbonyl (C=O) groups is 1. The fraction of sp³-hybridized carbons (Fsp3) is 0.235. The van der Waals surface area contributed by atoms with E-state index in [-0.39, 0.29) is 11.3 Å². The van der Waals surface area contributed by atoms with Crippen LogP contribution in [0, 0.1) is 6.92 Å². The molecule has 22 heavy (non-hydrogen) atoms. The van der Waals surface area contributed by atoms with Gasteiger partial charge in [-0.1, -0.05) is 6.07 Å². The first-order valence-corrected chi connectivity index (χ1v) is 7.14. The molecule has 1 amide bonds. The van der Waals surface area contributed by atoms with Crippen LogP contribution in [0.4, 0.5) is 5.69 Å².